The molecule has 1 aliphatic carbocycles. The Morgan fingerprint density at radius 2 is 1.70 bits per heavy atom. The molecule has 3 rings (SSSR count). The number of aliphatic carboxylic acids is 2. The Labute approximate surface area is 156 Å². The van der Waals surface area contributed by atoms with E-state index in [1.807, 2.05) is 36.4 Å². The van der Waals surface area contributed by atoms with Gasteiger partial charge in [0.25, 0.3) is 0 Å². The number of carbonyl (C=O) groups excluding carboxylic acids is 1. The quantitative estimate of drug-likeness (QED) is 0.756. The largest absolute Gasteiger partial charge is 0.481 e. The molecule has 1 saturated carbocycles. The monoisotopic (exact) mass is 368 g/mol. The lowest BCUT2D eigenvalue weighted by Gasteiger charge is -2.31. The van der Waals surface area contributed by atoms with Crippen LogP contribution in [-0.4, -0.2) is 33.7 Å². The van der Waals surface area contributed by atoms with E-state index in [1.54, 1.807) is 18.2 Å². The van der Waals surface area contributed by atoms with Crippen LogP contribution in [0.1, 0.15) is 36.0 Å². The highest BCUT2D eigenvalue weighted by atomic mass is 16.6. The number of rotatable bonds is 6. The molecule has 2 N–H and O–H groups in total. The summed E-state index contributed by atoms with van der Waals surface area (Å²) in [6.45, 7) is 0. The molecule has 140 valence electrons. The number of carbonyl (C=O) groups is 3. The molecule has 6 nitrogen and oxygen atoms in total. The summed E-state index contributed by atoms with van der Waals surface area (Å²) in [4.78, 5) is 35.6. The topological polar surface area (TPSA) is 101 Å². The summed E-state index contributed by atoms with van der Waals surface area (Å²) in [5.74, 6) is -4.05. The van der Waals surface area contributed by atoms with Gasteiger partial charge in [-0.25, -0.2) is 4.79 Å². The minimum atomic E-state index is -1.52. The zero-order valence-corrected chi connectivity index (χ0v) is 14.6. The van der Waals surface area contributed by atoms with E-state index in [4.69, 9.17) is 4.74 Å². The van der Waals surface area contributed by atoms with Gasteiger partial charge in [-0.05, 0) is 42.5 Å². The van der Waals surface area contributed by atoms with Crippen LogP contribution in [0.2, 0.25) is 0 Å². The number of hydrogen-bond donors (Lipinski definition) is 2. The molecule has 6 heteroatoms. The van der Waals surface area contributed by atoms with E-state index in [9.17, 15) is 24.6 Å². The SMILES string of the molecule is O=C(O)CC1(OC(=O)c2cccc(-c3ccccc3)c2)CCCC1C(=O)O. The van der Waals surface area contributed by atoms with Gasteiger partial charge in [0.2, 0.25) is 0 Å². The van der Waals surface area contributed by atoms with Gasteiger partial charge in [-0.15, -0.1) is 0 Å². The molecule has 27 heavy (non-hydrogen) atoms. The Kier molecular flexibility index (Phi) is 5.26. The minimum absolute atomic E-state index is 0.223. The standard InChI is InChI=1S/C21H20O6/c22-18(23)13-21(11-5-10-17(21)19(24)25)27-20(26)16-9-4-8-15(12-16)14-6-2-1-3-7-14/h1-4,6-9,12,17H,5,10-11,13H2,(H,22,23)(H,24,25). The number of ether oxygens (including phenoxy) is 1. The fourth-order valence-electron chi connectivity index (χ4n) is 3.72. The number of hydrogen-bond acceptors (Lipinski definition) is 4. The van der Waals surface area contributed by atoms with Crippen LogP contribution in [0.5, 0.6) is 0 Å². The first kappa shape index (κ1) is 18.6. The highest BCUT2D eigenvalue weighted by Gasteiger charge is 2.51. The van der Waals surface area contributed by atoms with Crippen molar-refractivity contribution in [3.63, 3.8) is 0 Å². The van der Waals surface area contributed by atoms with Crippen molar-refractivity contribution in [3.05, 3.63) is 60.2 Å². The van der Waals surface area contributed by atoms with E-state index in [1.165, 1.54) is 0 Å². The van der Waals surface area contributed by atoms with Gasteiger partial charge in [-0.3, -0.25) is 9.59 Å². The van der Waals surface area contributed by atoms with Crippen LogP contribution in [0, 0.1) is 5.92 Å². The van der Waals surface area contributed by atoms with E-state index in [2.05, 4.69) is 0 Å². The number of benzene rings is 2. The predicted molar refractivity (Wildman–Crippen MR) is 97.3 cm³/mol. The molecule has 0 amide bonds. The van der Waals surface area contributed by atoms with E-state index in [0.717, 1.165) is 11.1 Å². The predicted octanol–water partition coefficient (Wildman–Crippen LogP) is 3.61. The molecule has 2 unspecified atom stereocenters. The average molecular weight is 368 g/mol. The molecule has 0 saturated heterocycles. The summed E-state index contributed by atoms with van der Waals surface area (Å²) in [5.41, 5.74) is 0.490. The van der Waals surface area contributed by atoms with E-state index >= 15 is 0 Å². The third kappa shape index (κ3) is 4.00. The van der Waals surface area contributed by atoms with Crippen LogP contribution in [0.4, 0.5) is 0 Å². The van der Waals surface area contributed by atoms with Crippen molar-refractivity contribution >= 4 is 17.9 Å². The average Bonchev–Trinajstić information content (AvgIpc) is 3.05. The zero-order valence-electron chi connectivity index (χ0n) is 14.6. The first-order chi connectivity index (χ1) is 12.9. The molecular formula is C21H20O6. The first-order valence-electron chi connectivity index (χ1n) is 8.75. The maximum Gasteiger partial charge on any atom is 0.338 e. The summed E-state index contributed by atoms with van der Waals surface area (Å²) in [6.07, 6.45) is 0.496. The molecule has 2 atom stereocenters. The smallest absolute Gasteiger partial charge is 0.338 e. The van der Waals surface area contributed by atoms with Crippen molar-refractivity contribution in [3.8, 4) is 11.1 Å². The second-order valence-electron chi connectivity index (χ2n) is 6.75. The molecule has 2 aromatic rings. The highest BCUT2D eigenvalue weighted by molar-refractivity contribution is 5.92. The summed E-state index contributed by atoms with van der Waals surface area (Å²) in [7, 11) is 0. The lowest BCUT2D eigenvalue weighted by molar-refractivity contribution is -0.155. The Balaban J connectivity index is 1.88. The number of carboxylic acid groups (broad SMARTS) is 2. The zero-order chi connectivity index (χ0) is 19.4. The fraction of sp³-hybridized carbons (Fsp3) is 0.286. The molecule has 1 aliphatic rings. The van der Waals surface area contributed by atoms with Gasteiger partial charge in [-0.2, -0.15) is 0 Å². The first-order valence-corrected chi connectivity index (χ1v) is 8.75. The molecule has 0 aromatic heterocycles. The molecule has 0 bridgehead atoms. The van der Waals surface area contributed by atoms with Gasteiger partial charge in [0.15, 0.2) is 0 Å². The lowest BCUT2D eigenvalue weighted by atomic mass is 9.87. The van der Waals surface area contributed by atoms with Gasteiger partial charge in [0.05, 0.1) is 17.9 Å². The van der Waals surface area contributed by atoms with Gasteiger partial charge < -0.3 is 14.9 Å². The summed E-state index contributed by atoms with van der Waals surface area (Å²) in [6, 6.07) is 16.3. The van der Waals surface area contributed by atoms with Gasteiger partial charge in [0, 0.05) is 0 Å². The molecule has 2 aromatic carbocycles. The van der Waals surface area contributed by atoms with Crippen molar-refractivity contribution in [1.29, 1.82) is 0 Å². The molecule has 0 heterocycles. The highest BCUT2D eigenvalue weighted by Crippen LogP contribution is 2.42. The van der Waals surface area contributed by atoms with Crippen molar-refractivity contribution in [2.24, 2.45) is 5.92 Å². The maximum absolute atomic E-state index is 12.7. The Morgan fingerprint density at radius 3 is 2.37 bits per heavy atom. The van der Waals surface area contributed by atoms with Crippen molar-refractivity contribution < 1.29 is 29.3 Å². The lowest BCUT2D eigenvalue weighted by Crippen LogP contribution is -2.44. The van der Waals surface area contributed by atoms with Crippen molar-refractivity contribution in [2.45, 2.75) is 31.3 Å². The Morgan fingerprint density at radius 1 is 1.00 bits per heavy atom. The summed E-state index contributed by atoms with van der Waals surface area (Å²) >= 11 is 0. The van der Waals surface area contributed by atoms with E-state index in [0.29, 0.717) is 12.8 Å². The molecule has 0 radical (unpaired) electrons. The molecule has 1 fully saturated rings. The van der Waals surface area contributed by atoms with Crippen LogP contribution in [-0.2, 0) is 14.3 Å². The second kappa shape index (κ2) is 7.61. The molecule has 0 aliphatic heterocycles. The molecular weight excluding hydrogens is 348 g/mol. The summed E-state index contributed by atoms with van der Waals surface area (Å²) in [5, 5.41) is 18.7. The van der Waals surface area contributed by atoms with Crippen LogP contribution < -0.4 is 0 Å². The van der Waals surface area contributed by atoms with Gasteiger partial charge in [-0.1, -0.05) is 42.5 Å². The van der Waals surface area contributed by atoms with Crippen molar-refractivity contribution in [1.82, 2.24) is 0 Å². The van der Waals surface area contributed by atoms with Gasteiger partial charge in [0.1, 0.15) is 5.60 Å². The Hall–Kier alpha value is -3.15. The minimum Gasteiger partial charge on any atom is -0.481 e. The Bertz CT molecular complexity index is 860. The normalized spacial score (nSPS) is 21.6. The second-order valence-corrected chi connectivity index (χ2v) is 6.75. The number of carboxylic acids is 2. The third-order valence-corrected chi connectivity index (χ3v) is 4.98. The summed E-state index contributed by atoms with van der Waals surface area (Å²) < 4.78 is 5.56. The van der Waals surface area contributed by atoms with Crippen LogP contribution in [0.3, 0.4) is 0 Å². The van der Waals surface area contributed by atoms with E-state index in [-0.39, 0.29) is 12.0 Å². The third-order valence-electron chi connectivity index (χ3n) is 4.98. The number of esters is 1. The van der Waals surface area contributed by atoms with E-state index < -0.39 is 35.8 Å². The fourth-order valence-corrected chi connectivity index (χ4v) is 3.72. The maximum atomic E-state index is 12.7. The van der Waals surface area contributed by atoms with Crippen LogP contribution in [0.25, 0.3) is 11.1 Å². The van der Waals surface area contributed by atoms with Crippen LogP contribution >= 0.6 is 0 Å². The van der Waals surface area contributed by atoms with Crippen LogP contribution in [0.15, 0.2) is 54.6 Å². The molecule has 0 spiro atoms. The van der Waals surface area contributed by atoms with Crippen molar-refractivity contribution in [2.75, 3.05) is 0 Å². The van der Waals surface area contributed by atoms with Gasteiger partial charge >= 0.3 is 17.9 Å².